The molecule has 21 heavy (non-hydrogen) atoms. The lowest BCUT2D eigenvalue weighted by Crippen LogP contribution is -2.35. The van der Waals surface area contributed by atoms with Crippen molar-refractivity contribution in [3.05, 3.63) is 24.4 Å². The Balaban J connectivity index is 1.70. The fraction of sp³-hybridized carbons (Fsp3) is 0.385. The maximum Gasteiger partial charge on any atom is 0.224 e. The zero-order valence-corrected chi connectivity index (χ0v) is 11.5. The van der Waals surface area contributed by atoms with E-state index in [1.807, 2.05) is 6.20 Å². The molecule has 1 aliphatic rings. The number of imidazole rings is 1. The summed E-state index contributed by atoms with van der Waals surface area (Å²) in [5.74, 6) is 2.53. The molecule has 0 unspecified atom stereocenters. The number of hydrogen-bond acceptors (Lipinski definition) is 6. The molecule has 4 heterocycles. The fourth-order valence-electron chi connectivity index (χ4n) is 2.97. The van der Waals surface area contributed by atoms with Crippen LogP contribution in [0.4, 0.5) is 11.8 Å². The molecule has 0 radical (unpaired) electrons. The van der Waals surface area contributed by atoms with Gasteiger partial charge in [-0.3, -0.25) is 5.10 Å². The zero-order chi connectivity index (χ0) is 14.2. The Morgan fingerprint density at radius 2 is 2.29 bits per heavy atom. The summed E-state index contributed by atoms with van der Waals surface area (Å²) in [5, 5.41) is 7.80. The third-order valence-electron chi connectivity index (χ3n) is 3.93. The summed E-state index contributed by atoms with van der Waals surface area (Å²) >= 11 is 0. The Hall–Kier alpha value is -2.64. The Kier molecular flexibility index (Phi) is 2.73. The number of nitrogen functional groups attached to an aromatic ring is 1. The number of nitrogens with one attached hydrogen (secondary N) is 2. The Morgan fingerprint density at radius 1 is 1.33 bits per heavy atom. The largest absolute Gasteiger partial charge is 0.368 e. The number of nitrogens with two attached hydrogens (primary N) is 1. The summed E-state index contributed by atoms with van der Waals surface area (Å²) in [4.78, 5) is 18.4. The lowest BCUT2D eigenvalue weighted by atomic mass is 9.97. The molecule has 0 amide bonds. The van der Waals surface area contributed by atoms with Crippen molar-refractivity contribution in [2.24, 2.45) is 0 Å². The van der Waals surface area contributed by atoms with Crippen molar-refractivity contribution >= 4 is 22.8 Å². The van der Waals surface area contributed by atoms with Gasteiger partial charge < -0.3 is 15.6 Å². The molecule has 0 aliphatic carbocycles. The average molecular weight is 284 g/mol. The Morgan fingerprint density at radius 3 is 3.14 bits per heavy atom. The van der Waals surface area contributed by atoms with E-state index in [9.17, 15) is 0 Å². The minimum atomic E-state index is 0.266. The first-order valence-electron chi connectivity index (χ1n) is 7.02. The minimum absolute atomic E-state index is 0.266. The summed E-state index contributed by atoms with van der Waals surface area (Å²) in [7, 11) is 0. The maximum absolute atomic E-state index is 5.80. The minimum Gasteiger partial charge on any atom is -0.368 e. The van der Waals surface area contributed by atoms with Crippen LogP contribution in [0.25, 0.3) is 11.0 Å². The van der Waals surface area contributed by atoms with Crippen LogP contribution in [0.1, 0.15) is 24.6 Å². The molecular formula is C13H16N8. The molecule has 1 atom stereocenters. The predicted molar refractivity (Wildman–Crippen MR) is 78.9 cm³/mol. The molecule has 1 aliphatic heterocycles. The first-order valence-corrected chi connectivity index (χ1v) is 7.02. The molecule has 0 spiro atoms. The van der Waals surface area contributed by atoms with E-state index in [0.717, 1.165) is 43.0 Å². The van der Waals surface area contributed by atoms with Gasteiger partial charge in [-0.2, -0.15) is 15.1 Å². The second-order valence-corrected chi connectivity index (χ2v) is 5.30. The monoisotopic (exact) mass is 284 g/mol. The van der Waals surface area contributed by atoms with Gasteiger partial charge in [0.1, 0.15) is 11.6 Å². The molecule has 0 saturated carbocycles. The summed E-state index contributed by atoms with van der Waals surface area (Å²) in [6.45, 7) is 1.82. The molecule has 8 nitrogen and oxygen atoms in total. The van der Waals surface area contributed by atoms with Gasteiger partial charge in [-0.05, 0) is 12.8 Å². The highest BCUT2D eigenvalue weighted by molar-refractivity contribution is 5.87. The molecule has 3 aromatic heterocycles. The van der Waals surface area contributed by atoms with Crippen LogP contribution in [-0.2, 0) is 0 Å². The Bertz CT molecular complexity index is 747. The van der Waals surface area contributed by atoms with Crippen LogP contribution >= 0.6 is 0 Å². The summed E-state index contributed by atoms with van der Waals surface area (Å²) in [6.07, 6.45) is 7.63. The van der Waals surface area contributed by atoms with E-state index in [4.69, 9.17) is 5.73 Å². The van der Waals surface area contributed by atoms with Crippen molar-refractivity contribution in [3.63, 3.8) is 0 Å². The van der Waals surface area contributed by atoms with Gasteiger partial charge in [0, 0.05) is 31.4 Å². The number of rotatable bonds is 2. The predicted octanol–water partition coefficient (Wildman–Crippen LogP) is 1.04. The normalized spacial score (nSPS) is 19.2. The van der Waals surface area contributed by atoms with Gasteiger partial charge in [0.15, 0.2) is 5.65 Å². The van der Waals surface area contributed by atoms with E-state index in [1.54, 1.807) is 12.4 Å². The molecule has 0 bridgehead atoms. The van der Waals surface area contributed by atoms with Crippen LogP contribution in [-0.4, -0.2) is 43.2 Å². The second kappa shape index (κ2) is 4.72. The first kappa shape index (κ1) is 12.1. The highest BCUT2D eigenvalue weighted by atomic mass is 15.2. The smallest absolute Gasteiger partial charge is 0.224 e. The van der Waals surface area contributed by atoms with Gasteiger partial charge in [0.25, 0.3) is 0 Å². The molecule has 4 N–H and O–H groups in total. The van der Waals surface area contributed by atoms with Crippen LogP contribution < -0.4 is 10.6 Å². The maximum atomic E-state index is 5.80. The van der Waals surface area contributed by atoms with Crippen molar-refractivity contribution in [1.82, 2.24) is 30.1 Å². The third-order valence-corrected chi connectivity index (χ3v) is 3.93. The van der Waals surface area contributed by atoms with Gasteiger partial charge in [-0.25, -0.2) is 4.98 Å². The zero-order valence-electron chi connectivity index (χ0n) is 11.5. The summed E-state index contributed by atoms with van der Waals surface area (Å²) in [5.41, 5.74) is 6.48. The number of nitrogens with zero attached hydrogens (tertiary/aromatic N) is 5. The van der Waals surface area contributed by atoms with Gasteiger partial charge >= 0.3 is 0 Å². The van der Waals surface area contributed by atoms with E-state index in [2.05, 4.69) is 35.0 Å². The van der Waals surface area contributed by atoms with Crippen LogP contribution in [0.15, 0.2) is 18.6 Å². The van der Waals surface area contributed by atoms with E-state index in [0.29, 0.717) is 11.6 Å². The van der Waals surface area contributed by atoms with Gasteiger partial charge in [0.2, 0.25) is 5.95 Å². The van der Waals surface area contributed by atoms with Crippen LogP contribution in [0.5, 0.6) is 0 Å². The topological polar surface area (TPSA) is 112 Å². The number of aromatic amines is 2. The molecule has 0 aromatic carbocycles. The number of H-pyrrole nitrogens is 2. The molecule has 1 saturated heterocycles. The molecule has 3 aromatic rings. The van der Waals surface area contributed by atoms with E-state index in [-0.39, 0.29) is 5.95 Å². The van der Waals surface area contributed by atoms with Crippen molar-refractivity contribution in [3.8, 4) is 0 Å². The number of aromatic nitrogens is 6. The van der Waals surface area contributed by atoms with Crippen LogP contribution in [0, 0.1) is 0 Å². The standard InChI is InChI=1S/C13H16N8/c14-13-18-11-9(6-17-20-11)12(19-13)21-5-1-2-8(7-21)10-15-3-4-16-10/h3-4,6,8H,1-2,5,7H2,(H,15,16)(H3,14,17,18,19,20)/t8-/m1/s1. The van der Waals surface area contributed by atoms with Crippen molar-refractivity contribution in [1.29, 1.82) is 0 Å². The van der Waals surface area contributed by atoms with E-state index < -0.39 is 0 Å². The van der Waals surface area contributed by atoms with Crippen molar-refractivity contribution in [2.75, 3.05) is 23.7 Å². The quantitative estimate of drug-likeness (QED) is 0.648. The lowest BCUT2D eigenvalue weighted by Gasteiger charge is -2.33. The first-order chi connectivity index (χ1) is 10.3. The molecule has 108 valence electrons. The summed E-state index contributed by atoms with van der Waals surface area (Å²) < 4.78 is 0. The highest BCUT2D eigenvalue weighted by Gasteiger charge is 2.25. The molecule has 4 rings (SSSR count). The van der Waals surface area contributed by atoms with Crippen LogP contribution in [0.3, 0.4) is 0 Å². The second-order valence-electron chi connectivity index (χ2n) is 5.30. The van der Waals surface area contributed by atoms with Gasteiger partial charge in [-0.1, -0.05) is 0 Å². The third kappa shape index (κ3) is 2.08. The van der Waals surface area contributed by atoms with E-state index >= 15 is 0 Å². The molecule has 8 heteroatoms. The summed E-state index contributed by atoms with van der Waals surface area (Å²) in [6, 6.07) is 0. The number of piperidine rings is 1. The van der Waals surface area contributed by atoms with Crippen molar-refractivity contribution < 1.29 is 0 Å². The fourth-order valence-corrected chi connectivity index (χ4v) is 2.97. The molecule has 1 fully saturated rings. The van der Waals surface area contributed by atoms with Gasteiger partial charge in [0.05, 0.1) is 11.6 Å². The van der Waals surface area contributed by atoms with Crippen LogP contribution in [0.2, 0.25) is 0 Å². The Labute approximate surface area is 120 Å². The van der Waals surface area contributed by atoms with E-state index in [1.165, 1.54) is 0 Å². The highest BCUT2D eigenvalue weighted by Crippen LogP contribution is 2.30. The molecular weight excluding hydrogens is 268 g/mol. The average Bonchev–Trinajstić information content (AvgIpc) is 3.17. The van der Waals surface area contributed by atoms with Crippen molar-refractivity contribution in [2.45, 2.75) is 18.8 Å². The number of hydrogen-bond donors (Lipinski definition) is 3. The lowest BCUT2D eigenvalue weighted by molar-refractivity contribution is 0.492. The number of anilines is 2. The van der Waals surface area contributed by atoms with Gasteiger partial charge in [-0.15, -0.1) is 0 Å². The SMILES string of the molecule is Nc1nc(N2CCC[C@@H](c3ncc[nH]3)C2)c2cn[nH]c2n1. The number of fused-ring (bicyclic) bond motifs is 1.